The van der Waals surface area contributed by atoms with E-state index in [9.17, 15) is 0 Å². The fourth-order valence-corrected chi connectivity index (χ4v) is 4.63. The van der Waals surface area contributed by atoms with Gasteiger partial charge in [-0.15, -0.1) is 0 Å². The smallest absolute Gasteiger partial charge is 0.138 e. The topological polar surface area (TPSA) is 42.7 Å². The second-order valence-electron chi connectivity index (χ2n) is 7.34. The zero-order valence-corrected chi connectivity index (χ0v) is 13.8. The Morgan fingerprint density at radius 3 is 2.81 bits per heavy atom. The third-order valence-electron chi connectivity index (χ3n) is 5.53. The van der Waals surface area contributed by atoms with Crippen molar-refractivity contribution in [3.8, 4) is 0 Å². The van der Waals surface area contributed by atoms with Gasteiger partial charge < -0.3 is 5.32 Å². The summed E-state index contributed by atoms with van der Waals surface area (Å²) >= 11 is 0. The highest BCUT2D eigenvalue weighted by Gasteiger charge is 2.40. The quantitative estimate of drug-likeness (QED) is 0.838. The van der Waals surface area contributed by atoms with E-state index in [1.54, 1.807) is 6.33 Å². The van der Waals surface area contributed by atoms with Crippen LogP contribution in [0.1, 0.15) is 64.7 Å². The molecular weight excluding hydrogens is 260 g/mol. The lowest BCUT2D eigenvalue weighted by molar-refractivity contribution is 0.275. The van der Waals surface area contributed by atoms with Crippen LogP contribution in [0.5, 0.6) is 0 Å². The van der Waals surface area contributed by atoms with Crippen LogP contribution in [0.15, 0.2) is 6.33 Å². The first-order valence-electron chi connectivity index (χ1n) is 8.79. The van der Waals surface area contributed by atoms with Crippen LogP contribution in [0.2, 0.25) is 0 Å². The number of likely N-dealkylation sites (N-methyl/N-ethyl adjacent to an activating group) is 1. The second-order valence-corrected chi connectivity index (χ2v) is 7.34. The van der Waals surface area contributed by atoms with Gasteiger partial charge in [-0.05, 0) is 63.8 Å². The van der Waals surface area contributed by atoms with Crippen LogP contribution in [-0.2, 0) is 6.42 Å². The van der Waals surface area contributed by atoms with Gasteiger partial charge >= 0.3 is 0 Å². The average Bonchev–Trinajstić information content (AvgIpc) is 3.14. The van der Waals surface area contributed by atoms with E-state index in [1.165, 1.54) is 32.1 Å². The molecule has 1 aromatic rings. The minimum Gasteiger partial charge on any atom is -0.314 e. The molecule has 2 aliphatic rings. The molecular formula is C17H30N4. The van der Waals surface area contributed by atoms with Crippen LogP contribution >= 0.6 is 0 Å². The highest BCUT2D eigenvalue weighted by Crippen LogP contribution is 2.49. The third kappa shape index (κ3) is 3.31. The van der Waals surface area contributed by atoms with Gasteiger partial charge in [-0.25, -0.2) is 9.67 Å². The van der Waals surface area contributed by atoms with Gasteiger partial charge in [-0.2, -0.15) is 5.10 Å². The summed E-state index contributed by atoms with van der Waals surface area (Å²) < 4.78 is 2.07. The van der Waals surface area contributed by atoms with Crippen LogP contribution in [0.3, 0.4) is 0 Å². The van der Waals surface area contributed by atoms with E-state index in [-0.39, 0.29) is 0 Å². The predicted octanol–water partition coefficient (Wildman–Crippen LogP) is 3.21. The molecule has 4 nitrogen and oxygen atoms in total. The molecule has 4 unspecified atom stereocenters. The summed E-state index contributed by atoms with van der Waals surface area (Å²) in [6.45, 7) is 7.61. The van der Waals surface area contributed by atoms with E-state index in [0.717, 1.165) is 36.5 Å². The van der Waals surface area contributed by atoms with Gasteiger partial charge in [-0.3, -0.25) is 0 Å². The molecule has 0 spiro atoms. The maximum Gasteiger partial charge on any atom is 0.138 e. The number of hydrogen-bond acceptors (Lipinski definition) is 3. The van der Waals surface area contributed by atoms with E-state index in [0.29, 0.717) is 12.1 Å². The van der Waals surface area contributed by atoms with Gasteiger partial charge in [0.05, 0.1) is 0 Å². The maximum atomic E-state index is 4.49. The molecule has 21 heavy (non-hydrogen) atoms. The Bertz CT molecular complexity index is 453. The van der Waals surface area contributed by atoms with Crippen molar-refractivity contribution in [1.82, 2.24) is 20.1 Å². The zero-order chi connectivity index (χ0) is 14.8. The van der Waals surface area contributed by atoms with Crippen molar-refractivity contribution < 1.29 is 0 Å². The lowest BCUT2D eigenvalue weighted by atomic mass is 9.83. The van der Waals surface area contributed by atoms with E-state index in [4.69, 9.17) is 0 Å². The van der Waals surface area contributed by atoms with Gasteiger partial charge in [0.25, 0.3) is 0 Å². The van der Waals surface area contributed by atoms with Crippen LogP contribution in [0.25, 0.3) is 0 Å². The Hall–Kier alpha value is -0.900. The Balaban J connectivity index is 1.63. The van der Waals surface area contributed by atoms with Gasteiger partial charge in [0.1, 0.15) is 12.2 Å². The summed E-state index contributed by atoms with van der Waals surface area (Å²) in [6, 6.07) is 0.952. The van der Waals surface area contributed by atoms with Crippen molar-refractivity contribution in [2.24, 2.45) is 17.8 Å². The van der Waals surface area contributed by atoms with E-state index >= 15 is 0 Å². The Morgan fingerprint density at radius 1 is 1.33 bits per heavy atom. The van der Waals surface area contributed by atoms with E-state index < -0.39 is 0 Å². The first kappa shape index (κ1) is 15.0. The summed E-state index contributed by atoms with van der Waals surface area (Å²) in [5.41, 5.74) is 0. The zero-order valence-electron chi connectivity index (χ0n) is 13.8. The molecule has 0 saturated heterocycles. The summed E-state index contributed by atoms with van der Waals surface area (Å²) in [5.74, 6) is 4.14. The number of fused-ring (bicyclic) bond motifs is 2. The van der Waals surface area contributed by atoms with Crippen molar-refractivity contribution in [3.63, 3.8) is 0 Å². The SMILES string of the molecule is CCNC(Cc1ncnn1C(C)C)CC1CC2CCC1C2. The molecule has 1 N–H and O–H groups in total. The molecule has 4 atom stereocenters. The minimum atomic E-state index is 0.396. The molecule has 3 rings (SSSR count). The Labute approximate surface area is 128 Å². The molecule has 2 bridgehead atoms. The maximum absolute atomic E-state index is 4.49. The number of hydrogen-bond donors (Lipinski definition) is 1. The molecule has 118 valence electrons. The molecule has 0 amide bonds. The summed E-state index contributed by atoms with van der Waals surface area (Å²) in [6.07, 6.45) is 10.00. The summed E-state index contributed by atoms with van der Waals surface area (Å²) in [7, 11) is 0. The van der Waals surface area contributed by atoms with E-state index in [2.05, 4.69) is 40.9 Å². The molecule has 2 aliphatic carbocycles. The standard InChI is InChI=1S/C17H30N4/c1-4-18-16(9-15-8-13-5-6-14(15)7-13)10-17-19-11-20-21(17)12(2)3/h11-16,18H,4-10H2,1-3H3. The van der Waals surface area contributed by atoms with Gasteiger partial charge in [0.15, 0.2) is 0 Å². The number of nitrogens with one attached hydrogen (secondary N) is 1. The highest BCUT2D eigenvalue weighted by atomic mass is 15.3. The van der Waals surface area contributed by atoms with Crippen LogP contribution < -0.4 is 5.32 Å². The van der Waals surface area contributed by atoms with Crippen molar-refractivity contribution in [2.45, 2.75) is 71.4 Å². The van der Waals surface area contributed by atoms with Gasteiger partial charge in [0, 0.05) is 18.5 Å². The van der Waals surface area contributed by atoms with Crippen molar-refractivity contribution in [1.29, 1.82) is 0 Å². The molecule has 0 aromatic carbocycles. The molecule has 2 fully saturated rings. The fraction of sp³-hybridized carbons (Fsp3) is 0.882. The molecule has 1 heterocycles. The predicted molar refractivity (Wildman–Crippen MR) is 85.1 cm³/mol. The second kappa shape index (κ2) is 6.47. The highest BCUT2D eigenvalue weighted by molar-refractivity contribution is 4.96. The van der Waals surface area contributed by atoms with Crippen LogP contribution in [0.4, 0.5) is 0 Å². The molecule has 0 aliphatic heterocycles. The number of aromatic nitrogens is 3. The summed E-state index contributed by atoms with van der Waals surface area (Å²) in [4.78, 5) is 4.49. The first-order chi connectivity index (χ1) is 10.2. The lowest BCUT2D eigenvalue weighted by Crippen LogP contribution is -2.35. The number of nitrogens with zero attached hydrogens (tertiary/aromatic N) is 3. The Morgan fingerprint density at radius 2 is 2.19 bits per heavy atom. The minimum absolute atomic E-state index is 0.396. The molecule has 2 saturated carbocycles. The van der Waals surface area contributed by atoms with Crippen molar-refractivity contribution in [2.75, 3.05) is 6.54 Å². The first-order valence-corrected chi connectivity index (χ1v) is 8.79. The van der Waals surface area contributed by atoms with Crippen molar-refractivity contribution >= 4 is 0 Å². The fourth-order valence-electron chi connectivity index (χ4n) is 4.63. The third-order valence-corrected chi connectivity index (χ3v) is 5.53. The van der Waals surface area contributed by atoms with E-state index in [1.807, 2.05) is 0 Å². The largest absolute Gasteiger partial charge is 0.314 e. The average molecular weight is 290 g/mol. The molecule has 1 aromatic heterocycles. The normalized spacial score (nSPS) is 29.4. The van der Waals surface area contributed by atoms with Gasteiger partial charge in [-0.1, -0.05) is 13.3 Å². The molecule has 0 radical (unpaired) electrons. The molecule has 4 heteroatoms. The van der Waals surface area contributed by atoms with Crippen LogP contribution in [0, 0.1) is 17.8 Å². The van der Waals surface area contributed by atoms with Crippen LogP contribution in [-0.4, -0.2) is 27.4 Å². The summed E-state index contributed by atoms with van der Waals surface area (Å²) in [5, 5.41) is 8.07. The van der Waals surface area contributed by atoms with Gasteiger partial charge in [0.2, 0.25) is 0 Å². The monoisotopic (exact) mass is 290 g/mol. The Kier molecular flexibility index (Phi) is 4.63. The lowest BCUT2D eigenvalue weighted by Gasteiger charge is -2.27. The number of rotatable bonds is 7. The van der Waals surface area contributed by atoms with Crippen molar-refractivity contribution in [3.05, 3.63) is 12.2 Å².